The lowest BCUT2D eigenvalue weighted by atomic mass is 10.3. The van der Waals surface area contributed by atoms with Gasteiger partial charge in [-0.2, -0.15) is 8.42 Å². The van der Waals surface area contributed by atoms with E-state index in [2.05, 4.69) is 8.39 Å². The predicted octanol–water partition coefficient (Wildman–Crippen LogP) is 1.09. The highest BCUT2D eigenvalue weighted by molar-refractivity contribution is 7.86. The Balaban J connectivity index is 0.000000312. The summed E-state index contributed by atoms with van der Waals surface area (Å²) in [5.41, 5.74) is -0.169. The van der Waals surface area contributed by atoms with Gasteiger partial charge in [-0.1, -0.05) is 6.07 Å². The van der Waals surface area contributed by atoms with Gasteiger partial charge >= 0.3 is 15.7 Å². The van der Waals surface area contributed by atoms with Crippen LogP contribution in [0.2, 0.25) is 0 Å². The van der Waals surface area contributed by atoms with Crippen LogP contribution in [0.4, 0.5) is 0 Å². The Bertz CT molecular complexity index is 771. The molecule has 106 valence electrons. The first-order valence-electron chi connectivity index (χ1n) is 4.20. The molecule has 13 heteroatoms. The first-order valence-corrected chi connectivity index (χ1v) is 8.30. The van der Waals surface area contributed by atoms with E-state index in [9.17, 15) is 13.0 Å². The summed E-state index contributed by atoms with van der Waals surface area (Å²) >= 11 is 0. The van der Waals surface area contributed by atoms with Gasteiger partial charge in [0.2, 0.25) is 5.58 Å². The monoisotopic (exact) mass is 333 g/mol. The van der Waals surface area contributed by atoms with E-state index in [-0.39, 0.29) is 11.2 Å². The van der Waals surface area contributed by atoms with Crippen molar-refractivity contribution in [3.63, 3.8) is 0 Å². The zero-order chi connectivity index (χ0) is 14.8. The Labute approximate surface area is 106 Å². The van der Waals surface area contributed by atoms with Crippen LogP contribution in [0.25, 0.3) is 11.2 Å². The van der Waals surface area contributed by atoms with Crippen LogP contribution in [-0.4, -0.2) is 27.7 Å². The minimum absolute atomic E-state index is 0.0428. The van der Waals surface area contributed by atoms with Gasteiger partial charge < -0.3 is 14.7 Å². The van der Waals surface area contributed by atoms with Gasteiger partial charge in [0.05, 0.1) is 0 Å². The average Bonchev–Trinajstić information content (AvgIpc) is 2.52. The summed E-state index contributed by atoms with van der Waals surface area (Å²) in [7, 11) is -11.4. The summed E-state index contributed by atoms with van der Waals surface area (Å²) in [6.07, 6.45) is 0. The van der Waals surface area contributed by atoms with Crippen molar-refractivity contribution in [2.24, 2.45) is 0 Å². The van der Waals surface area contributed by atoms with Crippen molar-refractivity contribution in [2.75, 3.05) is 0 Å². The van der Waals surface area contributed by atoms with Crippen LogP contribution in [0.15, 0.2) is 31.5 Å². The molecule has 0 saturated heterocycles. The Morgan fingerprint density at radius 1 is 1.16 bits per heavy atom. The number of rotatable bonds is 1. The second-order valence-corrected chi connectivity index (χ2v) is 6.21. The van der Waals surface area contributed by atoms with Gasteiger partial charge in [-0.25, -0.2) is 13.0 Å². The van der Waals surface area contributed by atoms with E-state index in [0.29, 0.717) is 0 Å². The number of benzene rings is 1. The van der Waals surface area contributed by atoms with Gasteiger partial charge in [0.25, 0.3) is 15.7 Å². The molecule has 2 rings (SSSR count). The Morgan fingerprint density at radius 3 is 2.16 bits per heavy atom. The van der Waals surface area contributed by atoms with Crippen LogP contribution < -0.4 is 0 Å². The molecule has 0 aliphatic heterocycles. The molecule has 1 heterocycles. The van der Waals surface area contributed by atoms with Crippen LogP contribution in [0.5, 0.6) is 0 Å². The fraction of sp³-hybridized carbons (Fsp3) is 0. The molecule has 0 aliphatic carbocycles. The summed E-state index contributed by atoms with van der Waals surface area (Å²) in [5.74, 6) is 0. The molecule has 0 spiro atoms. The first-order chi connectivity index (χ1) is 8.48. The molecule has 1 atom stereocenters. The summed E-state index contributed by atoms with van der Waals surface area (Å²) in [6, 6.07) is 3.87. The third kappa shape index (κ3) is 5.21. The molecular weight excluding hydrogens is 326 g/mol. The van der Waals surface area contributed by atoms with E-state index >= 15 is 0 Å². The normalized spacial score (nSPS) is 12.9. The smallest absolute Gasteiger partial charge is 0.303 e. The lowest BCUT2D eigenvalue weighted by Gasteiger charge is -1.92. The molecule has 0 bridgehead atoms. The number of fused-ring (bicyclic) bond motifs is 1. The van der Waals surface area contributed by atoms with Crippen molar-refractivity contribution in [3.05, 3.63) is 18.2 Å². The van der Waals surface area contributed by atoms with Crippen molar-refractivity contribution >= 4 is 37.0 Å². The SMILES string of the molecule is O=P(O)(O)O.O=[p+]1oc2cccc(S(=O)(=O)O)c2o1. The molecule has 10 nitrogen and oxygen atoms in total. The highest BCUT2D eigenvalue weighted by Gasteiger charge is 2.23. The fourth-order valence-corrected chi connectivity index (χ4v) is 2.40. The molecule has 0 fully saturated rings. The van der Waals surface area contributed by atoms with E-state index in [4.69, 9.17) is 23.8 Å². The zero-order valence-electron chi connectivity index (χ0n) is 8.77. The second-order valence-electron chi connectivity index (χ2n) is 2.98. The zero-order valence-corrected chi connectivity index (χ0v) is 11.4. The summed E-state index contributed by atoms with van der Waals surface area (Å²) in [5, 5.41) is 0. The van der Waals surface area contributed by atoms with Gasteiger partial charge in [0.1, 0.15) is 4.90 Å². The van der Waals surface area contributed by atoms with E-state index in [0.717, 1.165) is 6.07 Å². The van der Waals surface area contributed by atoms with E-state index in [1.165, 1.54) is 12.1 Å². The van der Waals surface area contributed by atoms with Crippen LogP contribution in [0.3, 0.4) is 0 Å². The molecule has 4 N–H and O–H groups in total. The van der Waals surface area contributed by atoms with Gasteiger partial charge in [-0.05, 0) is 12.1 Å². The summed E-state index contributed by atoms with van der Waals surface area (Å²) in [4.78, 5) is 21.1. The molecule has 1 unspecified atom stereocenters. The van der Waals surface area contributed by atoms with Crippen LogP contribution in [0.1, 0.15) is 0 Å². The minimum atomic E-state index is -4.64. The maximum atomic E-state index is 10.8. The highest BCUT2D eigenvalue weighted by atomic mass is 32.2. The highest BCUT2D eigenvalue weighted by Crippen LogP contribution is 2.31. The lowest BCUT2D eigenvalue weighted by molar-refractivity contribution is 0.275. The largest absolute Gasteiger partial charge is 0.805 e. The van der Waals surface area contributed by atoms with Crippen LogP contribution >= 0.6 is 15.7 Å². The standard InChI is InChI=1S/C6H3O6PS.H3O4P/c7-13-11-4-2-1-3-5(6(4)12-13)14(8,9)10;1-5(2,3)4/h1-3H;(H3,1,2,3,4)/p+1. The second kappa shape index (κ2) is 5.51. The van der Waals surface area contributed by atoms with Crippen LogP contribution in [-0.2, 0) is 19.2 Å². The maximum Gasteiger partial charge on any atom is 0.805 e. The predicted molar refractivity (Wildman–Crippen MR) is 60.2 cm³/mol. The van der Waals surface area contributed by atoms with Gasteiger partial charge in [0.15, 0.2) is 0 Å². The van der Waals surface area contributed by atoms with Crippen LogP contribution in [0, 0.1) is 0 Å². The minimum Gasteiger partial charge on any atom is -0.303 e. The van der Waals surface area contributed by atoms with Crippen molar-refractivity contribution in [2.45, 2.75) is 4.90 Å². The molecule has 2 aromatic rings. The number of phosphoric acid groups is 1. The first kappa shape index (κ1) is 16.0. The van der Waals surface area contributed by atoms with E-state index in [1.807, 2.05) is 0 Å². The maximum absolute atomic E-state index is 10.8. The molecular formula is C6H7O10P2S+. The number of hydrogen-bond donors (Lipinski definition) is 4. The summed E-state index contributed by atoms with van der Waals surface area (Å²) in [6.45, 7) is 0. The van der Waals surface area contributed by atoms with E-state index in [1.54, 1.807) is 0 Å². The average molecular weight is 333 g/mol. The lowest BCUT2D eigenvalue weighted by Crippen LogP contribution is -1.97. The molecule has 1 aromatic heterocycles. The van der Waals surface area contributed by atoms with Crippen molar-refractivity contribution in [1.29, 1.82) is 0 Å². The van der Waals surface area contributed by atoms with Gasteiger partial charge in [-0.15, -0.1) is 0 Å². The summed E-state index contributed by atoms with van der Waals surface area (Å²) < 4.78 is 59.4. The number of para-hydroxylation sites is 1. The van der Waals surface area contributed by atoms with Gasteiger partial charge in [-0.3, -0.25) is 4.55 Å². The Morgan fingerprint density at radius 2 is 1.68 bits per heavy atom. The topological polar surface area (TPSA) is 175 Å². The van der Waals surface area contributed by atoms with Crippen molar-refractivity contribution < 1.29 is 45.2 Å². The molecule has 0 amide bonds. The molecule has 0 radical (unpaired) electrons. The van der Waals surface area contributed by atoms with Crippen molar-refractivity contribution in [3.8, 4) is 0 Å². The third-order valence-corrected chi connectivity index (χ3v) is 3.11. The molecule has 1 aromatic carbocycles. The third-order valence-electron chi connectivity index (χ3n) is 1.56. The Kier molecular flexibility index (Phi) is 4.64. The molecule has 19 heavy (non-hydrogen) atoms. The molecule has 0 aliphatic rings. The van der Waals surface area contributed by atoms with Gasteiger partial charge in [0, 0.05) is 4.57 Å². The fourth-order valence-electron chi connectivity index (χ4n) is 1.03. The molecule has 0 saturated carbocycles. The van der Waals surface area contributed by atoms with Crippen molar-refractivity contribution in [1.82, 2.24) is 0 Å². The Hall–Kier alpha value is -1.06. The van der Waals surface area contributed by atoms with E-state index < -0.39 is 30.7 Å². The quantitative estimate of drug-likeness (QED) is 0.436. The number of hydrogen-bond acceptors (Lipinski definition) is 6.